The van der Waals surface area contributed by atoms with E-state index >= 15 is 0 Å². The molecular formula is C14H11NO2. The van der Waals surface area contributed by atoms with Crippen LogP contribution in [0, 0.1) is 11.8 Å². The van der Waals surface area contributed by atoms with Crippen LogP contribution in [-0.4, -0.2) is 17.6 Å². The SMILES string of the molecule is CCOC(=O)C#Cc1cccc2cccnc12. The third-order valence-corrected chi connectivity index (χ3v) is 2.21. The molecule has 0 aliphatic heterocycles. The van der Waals surface area contributed by atoms with Gasteiger partial charge in [-0.1, -0.05) is 24.1 Å². The number of benzene rings is 1. The largest absolute Gasteiger partial charge is 0.456 e. The second kappa shape index (κ2) is 5.13. The highest BCUT2D eigenvalue weighted by atomic mass is 16.5. The Labute approximate surface area is 99.4 Å². The van der Waals surface area contributed by atoms with Gasteiger partial charge in [0.1, 0.15) is 0 Å². The van der Waals surface area contributed by atoms with Gasteiger partial charge in [0.15, 0.2) is 0 Å². The minimum Gasteiger partial charge on any atom is -0.456 e. The quantitative estimate of drug-likeness (QED) is 0.551. The zero-order valence-corrected chi connectivity index (χ0v) is 9.43. The topological polar surface area (TPSA) is 39.2 Å². The second-order valence-electron chi connectivity index (χ2n) is 3.35. The lowest BCUT2D eigenvalue weighted by molar-refractivity contribution is -0.136. The van der Waals surface area contributed by atoms with E-state index in [4.69, 9.17) is 4.74 Å². The summed E-state index contributed by atoms with van der Waals surface area (Å²) in [7, 11) is 0. The number of para-hydroxylation sites is 1. The number of rotatable bonds is 1. The fourth-order valence-electron chi connectivity index (χ4n) is 1.49. The van der Waals surface area contributed by atoms with Gasteiger partial charge in [0.2, 0.25) is 0 Å². The first-order chi connectivity index (χ1) is 8.31. The molecule has 0 bridgehead atoms. The predicted molar refractivity (Wildman–Crippen MR) is 65.3 cm³/mol. The normalized spacial score (nSPS) is 9.47. The molecule has 0 aliphatic rings. The highest BCUT2D eigenvalue weighted by molar-refractivity contribution is 5.91. The highest BCUT2D eigenvalue weighted by Gasteiger charge is 1.99. The monoisotopic (exact) mass is 225 g/mol. The Balaban J connectivity index is 2.39. The van der Waals surface area contributed by atoms with Crippen molar-refractivity contribution in [2.45, 2.75) is 6.92 Å². The van der Waals surface area contributed by atoms with Crippen LogP contribution in [0.2, 0.25) is 0 Å². The van der Waals surface area contributed by atoms with Crippen molar-refractivity contribution in [1.29, 1.82) is 0 Å². The third-order valence-electron chi connectivity index (χ3n) is 2.21. The molecule has 0 saturated heterocycles. The van der Waals surface area contributed by atoms with Crippen LogP contribution in [0.3, 0.4) is 0 Å². The molecule has 1 aromatic heterocycles. The Bertz CT molecular complexity index is 603. The molecule has 0 N–H and O–H groups in total. The van der Waals surface area contributed by atoms with Crippen molar-refractivity contribution in [2.24, 2.45) is 0 Å². The number of aromatic nitrogens is 1. The summed E-state index contributed by atoms with van der Waals surface area (Å²) in [6, 6.07) is 9.50. The highest BCUT2D eigenvalue weighted by Crippen LogP contribution is 2.14. The summed E-state index contributed by atoms with van der Waals surface area (Å²) in [6.45, 7) is 2.08. The van der Waals surface area contributed by atoms with Crippen molar-refractivity contribution < 1.29 is 9.53 Å². The molecule has 1 heterocycles. The van der Waals surface area contributed by atoms with E-state index in [1.165, 1.54) is 0 Å². The lowest BCUT2D eigenvalue weighted by Gasteiger charge is -1.98. The molecule has 84 valence electrons. The van der Waals surface area contributed by atoms with Crippen LogP contribution in [0.5, 0.6) is 0 Å². The molecule has 0 amide bonds. The van der Waals surface area contributed by atoms with Crippen LogP contribution in [0.25, 0.3) is 10.9 Å². The molecule has 2 rings (SSSR count). The van der Waals surface area contributed by atoms with Crippen LogP contribution in [-0.2, 0) is 9.53 Å². The van der Waals surface area contributed by atoms with E-state index in [9.17, 15) is 4.79 Å². The van der Waals surface area contributed by atoms with E-state index in [0.29, 0.717) is 6.61 Å². The van der Waals surface area contributed by atoms with Gasteiger partial charge in [0.25, 0.3) is 0 Å². The molecular weight excluding hydrogens is 214 g/mol. The minimum atomic E-state index is -0.513. The van der Waals surface area contributed by atoms with Crippen molar-refractivity contribution in [3.05, 3.63) is 42.1 Å². The Morgan fingerprint density at radius 3 is 3.00 bits per heavy atom. The van der Waals surface area contributed by atoms with E-state index in [1.54, 1.807) is 13.1 Å². The predicted octanol–water partition coefficient (Wildman–Crippen LogP) is 2.15. The average Bonchev–Trinajstić information content (AvgIpc) is 2.36. The summed E-state index contributed by atoms with van der Waals surface area (Å²) < 4.78 is 4.74. The summed E-state index contributed by atoms with van der Waals surface area (Å²) in [5.74, 6) is 4.71. The van der Waals surface area contributed by atoms with Gasteiger partial charge in [-0.2, -0.15) is 0 Å². The Kier molecular flexibility index (Phi) is 3.37. The van der Waals surface area contributed by atoms with Crippen molar-refractivity contribution in [1.82, 2.24) is 4.98 Å². The number of ether oxygens (including phenoxy) is 1. The second-order valence-corrected chi connectivity index (χ2v) is 3.35. The maximum absolute atomic E-state index is 11.1. The number of pyridine rings is 1. The molecule has 0 radical (unpaired) electrons. The standard InChI is InChI=1S/C14H11NO2/c1-2-17-13(16)9-8-12-6-3-5-11-7-4-10-15-14(11)12/h3-7,10H,2H2,1H3. The van der Waals surface area contributed by atoms with Crippen molar-refractivity contribution in [3.8, 4) is 11.8 Å². The molecule has 0 spiro atoms. The molecule has 1 aromatic carbocycles. The first-order valence-corrected chi connectivity index (χ1v) is 5.34. The summed E-state index contributed by atoms with van der Waals surface area (Å²) in [5.41, 5.74) is 1.53. The Morgan fingerprint density at radius 1 is 1.35 bits per heavy atom. The lowest BCUT2D eigenvalue weighted by atomic mass is 10.1. The molecule has 3 nitrogen and oxygen atoms in total. The van der Waals surface area contributed by atoms with Gasteiger partial charge in [0.05, 0.1) is 17.7 Å². The fourth-order valence-corrected chi connectivity index (χ4v) is 1.49. The van der Waals surface area contributed by atoms with Crippen LogP contribution in [0.1, 0.15) is 12.5 Å². The lowest BCUT2D eigenvalue weighted by Crippen LogP contribution is -1.99. The van der Waals surface area contributed by atoms with E-state index in [2.05, 4.69) is 16.8 Å². The zero-order valence-electron chi connectivity index (χ0n) is 9.43. The molecule has 0 atom stereocenters. The number of hydrogen-bond acceptors (Lipinski definition) is 3. The number of hydrogen-bond donors (Lipinski definition) is 0. The number of nitrogens with zero attached hydrogens (tertiary/aromatic N) is 1. The number of fused-ring (bicyclic) bond motifs is 1. The van der Waals surface area contributed by atoms with Crippen LogP contribution < -0.4 is 0 Å². The fraction of sp³-hybridized carbons (Fsp3) is 0.143. The molecule has 2 aromatic rings. The first kappa shape index (κ1) is 11.2. The van der Waals surface area contributed by atoms with Gasteiger partial charge in [-0.3, -0.25) is 4.98 Å². The van der Waals surface area contributed by atoms with Gasteiger partial charge in [-0.05, 0) is 19.1 Å². The minimum absolute atomic E-state index is 0.335. The molecule has 0 saturated carbocycles. The van der Waals surface area contributed by atoms with E-state index in [1.807, 2.05) is 30.3 Å². The van der Waals surface area contributed by atoms with E-state index in [0.717, 1.165) is 16.5 Å². The van der Waals surface area contributed by atoms with E-state index < -0.39 is 5.97 Å². The van der Waals surface area contributed by atoms with Crippen LogP contribution in [0.4, 0.5) is 0 Å². The van der Waals surface area contributed by atoms with Gasteiger partial charge in [-0.25, -0.2) is 4.79 Å². The van der Waals surface area contributed by atoms with Gasteiger partial charge in [-0.15, -0.1) is 0 Å². The van der Waals surface area contributed by atoms with Crippen molar-refractivity contribution >= 4 is 16.9 Å². The van der Waals surface area contributed by atoms with Gasteiger partial charge < -0.3 is 4.74 Å². The maximum Gasteiger partial charge on any atom is 0.384 e. The van der Waals surface area contributed by atoms with Crippen molar-refractivity contribution in [2.75, 3.05) is 6.61 Å². The van der Waals surface area contributed by atoms with Crippen molar-refractivity contribution in [3.63, 3.8) is 0 Å². The Hall–Kier alpha value is -2.34. The number of esters is 1. The molecule has 0 aliphatic carbocycles. The number of carbonyl (C=O) groups is 1. The molecule has 3 heteroatoms. The Morgan fingerprint density at radius 2 is 2.18 bits per heavy atom. The average molecular weight is 225 g/mol. The summed E-state index contributed by atoms with van der Waals surface area (Å²) in [4.78, 5) is 15.4. The van der Waals surface area contributed by atoms with Crippen LogP contribution in [0.15, 0.2) is 36.5 Å². The van der Waals surface area contributed by atoms with Gasteiger partial charge in [0, 0.05) is 17.5 Å². The van der Waals surface area contributed by atoms with Crippen LogP contribution >= 0.6 is 0 Å². The number of carbonyl (C=O) groups excluding carboxylic acids is 1. The van der Waals surface area contributed by atoms with E-state index in [-0.39, 0.29) is 0 Å². The smallest absolute Gasteiger partial charge is 0.384 e. The summed E-state index contributed by atoms with van der Waals surface area (Å²) >= 11 is 0. The molecule has 17 heavy (non-hydrogen) atoms. The molecule has 0 fully saturated rings. The maximum atomic E-state index is 11.1. The summed E-state index contributed by atoms with van der Waals surface area (Å²) in [5, 5.41) is 1.00. The summed E-state index contributed by atoms with van der Waals surface area (Å²) in [6.07, 6.45) is 1.71. The van der Waals surface area contributed by atoms with Gasteiger partial charge >= 0.3 is 5.97 Å². The molecule has 0 unspecified atom stereocenters. The zero-order chi connectivity index (χ0) is 12.1. The first-order valence-electron chi connectivity index (χ1n) is 5.34. The third kappa shape index (κ3) is 2.61.